The third-order valence-electron chi connectivity index (χ3n) is 3.96. The second-order valence-electron chi connectivity index (χ2n) is 5.63. The minimum atomic E-state index is 0.255. The average Bonchev–Trinajstić information content (AvgIpc) is 3.34. The third-order valence-corrected chi connectivity index (χ3v) is 6.10. The molecule has 0 N–H and O–H groups in total. The van der Waals surface area contributed by atoms with Crippen LogP contribution in [0.2, 0.25) is 5.15 Å². The van der Waals surface area contributed by atoms with Gasteiger partial charge in [0.1, 0.15) is 23.2 Å². The molecule has 0 amide bonds. The van der Waals surface area contributed by atoms with Crippen LogP contribution in [0, 0.1) is 11.3 Å². The first-order valence-corrected chi connectivity index (χ1v) is 10.3. The Balaban J connectivity index is 1.77. The Morgan fingerprint density at radius 3 is 2.81 bits per heavy atom. The summed E-state index contributed by atoms with van der Waals surface area (Å²) in [4.78, 5) is 3.23. The van der Waals surface area contributed by atoms with Crippen molar-refractivity contribution in [2.75, 3.05) is 18.6 Å². The summed E-state index contributed by atoms with van der Waals surface area (Å²) in [6.45, 7) is 3.89. The standard InChI is InChI=1S/C19H18ClN3O2S2/c1-3-23(19-15(10-21)18(20)22-27-19)11-13-6-7-16(17(9-13)24-2)25-12-14-5-4-8-26-14/h4-9H,3,11-12H2,1-2H3. The van der Waals surface area contributed by atoms with Crippen molar-refractivity contribution >= 4 is 39.5 Å². The summed E-state index contributed by atoms with van der Waals surface area (Å²) in [7, 11) is 1.63. The Kier molecular flexibility index (Phi) is 6.56. The average molecular weight is 420 g/mol. The molecular formula is C19H18ClN3O2S2. The molecule has 140 valence electrons. The molecule has 0 radical (unpaired) electrons. The highest BCUT2D eigenvalue weighted by molar-refractivity contribution is 7.11. The maximum atomic E-state index is 9.32. The van der Waals surface area contributed by atoms with Gasteiger partial charge in [0.2, 0.25) is 0 Å². The van der Waals surface area contributed by atoms with Crippen LogP contribution in [0.3, 0.4) is 0 Å². The normalized spacial score (nSPS) is 10.4. The lowest BCUT2D eigenvalue weighted by Gasteiger charge is -2.22. The van der Waals surface area contributed by atoms with Gasteiger partial charge in [-0.05, 0) is 47.6 Å². The number of nitriles is 1. The number of anilines is 1. The summed E-state index contributed by atoms with van der Waals surface area (Å²) in [6.07, 6.45) is 0. The number of nitrogens with zero attached hydrogens (tertiary/aromatic N) is 3. The summed E-state index contributed by atoms with van der Waals surface area (Å²) >= 11 is 8.91. The molecule has 5 nitrogen and oxygen atoms in total. The van der Waals surface area contributed by atoms with E-state index in [1.54, 1.807) is 18.4 Å². The Morgan fingerprint density at radius 1 is 1.30 bits per heavy atom. The number of halogens is 1. The molecule has 0 aliphatic carbocycles. The Bertz CT molecular complexity index is 935. The first-order valence-electron chi connectivity index (χ1n) is 8.28. The number of rotatable bonds is 8. The van der Waals surface area contributed by atoms with E-state index in [1.165, 1.54) is 11.5 Å². The van der Waals surface area contributed by atoms with Gasteiger partial charge in [0, 0.05) is 18.0 Å². The minimum Gasteiger partial charge on any atom is -0.493 e. The lowest BCUT2D eigenvalue weighted by atomic mass is 10.2. The van der Waals surface area contributed by atoms with Crippen LogP contribution in [-0.2, 0) is 13.2 Å². The van der Waals surface area contributed by atoms with E-state index in [0.717, 1.165) is 22.0 Å². The Labute approximate surface area is 171 Å². The highest BCUT2D eigenvalue weighted by Crippen LogP contribution is 2.34. The van der Waals surface area contributed by atoms with Gasteiger partial charge in [0.15, 0.2) is 16.7 Å². The van der Waals surface area contributed by atoms with Crippen LogP contribution in [0.5, 0.6) is 11.5 Å². The molecule has 1 aromatic carbocycles. The predicted octanol–water partition coefficient (Wildman–Crippen LogP) is 5.34. The topological polar surface area (TPSA) is 58.4 Å². The SMILES string of the molecule is CCN(Cc1ccc(OCc2cccs2)c(OC)c1)c1snc(Cl)c1C#N. The van der Waals surface area contributed by atoms with Crippen molar-refractivity contribution in [2.45, 2.75) is 20.1 Å². The molecule has 0 fully saturated rings. The fourth-order valence-corrected chi connectivity index (χ4v) is 4.30. The van der Waals surface area contributed by atoms with Crippen molar-refractivity contribution in [3.05, 3.63) is 56.9 Å². The highest BCUT2D eigenvalue weighted by Gasteiger charge is 2.18. The van der Waals surface area contributed by atoms with E-state index < -0.39 is 0 Å². The van der Waals surface area contributed by atoms with Crippen LogP contribution in [0.25, 0.3) is 0 Å². The summed E-state index contributed by atoms with van der Waals surface area (Å²) in [5.41, 5.74) is 1.47. The van der Waals surface area contributed by atoms with Crippen LogP contribution in [-0.4, -0.2) is 18.0 Å². The number of benzene rings is 1. The van der Waals surface area contributed by atoms with E-state index in [1.807, 2.05) is 42.6 Å². The summed E-state index contributed by atoms with van der Waals surface area (Å²) in [5, 5.41) is 12.4. The maximum Gasteiger partial charge on any atom is 0.162 e. The summed E-state index contributed by atoms with van der Waals surface area (Å²) in [6, 6.07) is 12.1. The molecule has 2 heterocycles. The van der Waals surface area contributed by atoms with Crippen LogP contribution in [0.1, 0.15) is 22.9 Å². The van der Waals surface area contributed by atoms with Gasteiger partial charge in [-0.2, -0.15) is 9.64 Å². The first-order chi connectivity index (χ1) is 13.2. The lowest BCUT2D eigenvalue weighted by Crippen LogP contribution is -2.21. The molecule has 0 saturated carbocycles. The molecule has 0 aliphatic heterocycles. The molecular weight excluding hydrogens is 402 g/mol. The molecule has 2 aromatic heterocycles. The van der Waals surface area contributed by atoms with Gasteiger partial charge in [-0.15, -0.1) is 11.3 Å². The molecule has 8 heteroatoms. The number of hydrogen-bond acceptors (Lipinski definition) is 7. The molecule has 0 atom stereocenters. The van der Waals surface area contributed by atoms with E-state index in [9.17, 15) is 5.26 Å². The fraction of sp³-hybridized carbons (Fsp3) is 0.263. The van der Waals surface area contributed by atoms with Crippen molar-refractivity contribution in [1.29, 1.82) is 5.26 Å². The molecule has 0 spiro atoms. The van der Waals surface area contributed by atoms with Crippen LogP contribution in [0.15, 0.2) is 35.7 Å². The number of thiophene rings is 1. The van der Waals surface area contributed by atoms with Gasteiger partial charge >= 0.3 is 0 Å². The predicted molar refractivity (Wildman–Crippen MR) is 110 cm³/mol. The van der Waals surface area contributed by atoms with Crippen molar-refractivity contribution < 1.29 is 9.47 Å². The lowest BCUT2D eigenvalue weighted by molar-refractivity contribution is 0.287. The highest BCUT2D eigenvalue weighted by atomic mass is 35.5. The van der Waals surface area contributed by atoms with Gasteiger partial charge in [-0.25, -0.2) is 0 Å². The van der Waals surface area contributed by atoms with Crippen molar-refractivity contribution in [1.82, 2.24) is 4.37 Å². The van der Waals surface area contributed by atoms with E-state index in [0.29, 0.717) is 30.2 Å². The van der Waals surface area contributed by atoms with Crippen LogP contribution >= 0.6 is 34.5 Å². The molecule has 27 heavy (non-hydrogen) atoms. The third kappa shape index (κ3) is 4.53. The molecule has 0 unspecified atom stereocenters. The number of aromatic nitrogens is 1. The van der Waals surface area contributed by atoms with Gasteiger partial charge in [-0.3, -0.25) is 0 Å². The number of methoxy groups -OCH3 is 1. The monoisotopic (exact) mass is 419 g/mol. The van der Waals surface area contributed by atoms with Gasteiger partial charge in [0.05, 0.1) is 7.11 Å². The van der Waals surface area contributed by atoms with E-state index in [-0.39, 0.29) is 5.15 Å². The zero-order valence-corrected chi connectivity index (χ0v) is 17.3. The summed E-state index contributed by atoms with van der Waals surface area (Å²) in [5.74, 6) is 1.39. The molecule has 0 aliphatic rings. The zero-order valence-electron chi connectivity index (χ0n) is 14.9. The van der Waals surface area contributed by atoms with E-state index in [4.69, 9.17) is 21.1 Å². The van der Waals surface area contributed by atoms with Crippen molar-refractivity contribution in [2.24, 2.45) is 0 Å². The molecule has 3 rings (SSSR count). The van der Waals surface area contributed by atoms with Crippen molar-refractivity contribution in [3.8, 4) is 17.6 Å². The van der Waals surface area contributed by atoms with E-state index in [2.05, 4.69) is 15.3 Å². The fourth-order valence-electron chi connectivity index (χ4n) is 2.59. The minimum absolute atomic E-state index is 0.255. The molecule has 0 saturated heterocycles. The van der Waals surface area contributed by atoms with Crippen LogP contribution < -0.4 is 14.4 Å². The van der Waals surface area contributed by atoms with Gasteiger partial charge in [0.25, 0.3) is 0 Å². The Morgan fingerprint density at radius 2 is 2.15 bits per heavy atom. The largest absolute Gasteiger partial charge is 0.493 e. The van der Waals surface area contributed by atoms with Crippen LogP contribution in [0.4, 0.5) is 5.00 Å². The molecule has 3 aromatic rings. The quantitative estimate of drug-likeness (QED) is 0.493. The Hall–Kier alpha value is -2.27. The number of hydrogen-bond donors (Lipinski definition) is 0. The number of ether oxygens (including phenoxy) is 2. The summed E-state index contributed by atoms with van der Waals surface area (Å²) < 4.78 is 15.5. The van der Waals surface area contributed by atoms with Gasteiger partial charge < -0.3 is 14.4 Å². The zero-order chi connectivity index (χ0) is 19.2. The van der Waals surface area contributed by atoms with Gasteiger partial charge in [-0.1, -0.05) is 23.7 Å². The second-order valence-corrected chi connectivity index (χ2v) is 7.77. The smallest absolute Gasteiger partial charge is 0.162 e. The first kappa shape index (κ1) is 19.5. The second kappa shape index (κ2) is 9.09. The van der Waals surface area contributed by atoms with E-state index >= 15 is 0 Å². The molecule has 0 bridgehead atoms. The maximum absolute atomic E-state index is 9.32. The van der Waals surface area contributed by atoms with Crippen molar-refractivity contribution in [3.63, 3.8) is 0 Å².